The predicted octanol–water partition coefficient (Wildman–Crippen LogP) is 2.18. The molecule has 2 aliphatic rings. The van der Waals surface area contributed by atoms with Crippen molar-refractivity contribution in [2.45, 2.75) is 25.3 Å². The van der Waals surface area contributed by atoms with Gasteiger partial charge < -0.3 is 0 Å². The molecular formula is C8H12N2. The first-order valence-electron chi connectivity index (χ1n) is 4.00. The maximum atomic E-state index is 4.19. The van der Waals surface area contributed by atoms with Gasteiger partial charge in [-0.3, -0.25) is 0 Å². The van der Waals surface area contributed by atoms with Crippen LogP contribution in [-0.4, -0.2) is 12.6 Å². The van der Waals surface area contributed by atoms with E-state index in [9.17, 15) is 0 Å². The molecule has 2 atom stereocenters. The average Bonchev–Trinajstić information content (AvgIpc) is 2.05. The van der Waals surface area contributed by atoms with Crippen molar-refractivity contribution >= 4 is 0 Å². The number of rotatable bonds is 0. The number of hydrogen-bond donors (Lipinski definition) is 0. The molecule has 1 aliphatic heterocycles. The molecule has 0 amide bonds. The van der Waals surface area contributed by atoms with Crippen LogP contribution in [0.15, 0.2) is 22.4 Å². The van der Waals surface area contributed by atoms with Gasteiger partial charge in [-0.25, -0.2) is 0 Å². The lowest BCUT2D eigenvalue weighted by Gasteiger charge is -2.25. The van der Waals surface area contributed by atoms with E-state index in [1.165, 1.54) is 19.3 Å². The summed E-state index contributed by atoms with van der Waals surface area (Å²) in [5.74, 6) is 0.808. The number of allylic oxidation sites excluding steroid dienone is 1. The van der Waals surface area contributed by atoms with Crippen molar-refractivity contribution in [2.75, 3.05) is 6.54 Å². The van der Waals surface area contributed by atoms with Crippen molar-refractivity contribution in [1.82, 2.24) is 0 Å². The molecule has 0 bridgehead atoms. The molecule has 0 saturated carbocycles. The first kappa shape index (κ1) is 6.08. The van der Waals surface area contributed by atoms with Crippen LogP contribution in [0.5, 0.6) is 0 Å². The fourth-order valence-corrected chi connectivity index (χ4v) is 1.70. The van der Waals surface area contributed by atoms with Gasteiger partial charge in [-0.1, -0.05) is 12.2 Å². The zero-order valence-electron chi connectivity index (χ0n) is 6.03. The quantitative estimate of drug-likeness (QED) is 0.456. The molecule has 1 heterocycles. The molecule has 2 unspecified atom stereocenters. The van der Waals surface area contributed by atoms with Gasteiger partial charge in [-0.15, -0.1) is 0 Å². The van der Waals surface area contributed by atoms with Crippen LogP contribution >= 0.6 is 0 Å². The van der Waals surface area contributed by atoms with Crippen LogP contribution in [-0.2, 0) is 0 Å². The molecule has 2 rings (SSSR count). The Balaban J connectivity index is 2.15. The minimum atomic E-state index is 0.433. The fourth-order valence-electron chi connectivity index (χ4n) is 1.70. The van der Waals surface area contributed by atoms with Crippen LogP contribution in [0.4, 0.5) is 0 Å². The van der Waals surface area contributed by atoms with Gasteiger partial charge in [0.25, 0.3) is 0 Å². The molecule has 54 valence electrons. The van der Waals surface area contributed by atoms with Gasteiger partial charge >= 0.3 is 0 Å². The highest BCUT2D eigenvalue weighted by Gasteiger charge is 2.22. The number of nitrogens with zero attached hydrogens (tertiary/aromatic N) is 2. The summed E-state index contributed by atoms with van der Waals surface area (Å²) in [5, 5.41) is 8.22. The van der Waals surface area contributed by atoms with Gasteiger partial charge in [0.05, 0.1) is 12.6 Å². The van der Waals surface area contributed by atoms with E-state index in [1.54, 1.807) is 0 Å². The SMILES string of the molecule is C1=CC2N=NCCC2CC1. The van der Waals surface area contributed by atoms with E-state index in [0.717, 1.165) is 12.5 Å². The zero-order chi connectivity index (χ0) is 6.81. The highest BCUT2D eigenvalue weighted by atomic mass is 15.1. The standard InChI is InChI=1S/C8H12N2/c1-2-4-8-7(3-1)5-6-9-10-8/h2,4,7-8H,1,3,5-6H2. The third-order valence-electron chi connectivity index (χ3n) is 2.34. The largest absolute Gasteiger partial charge is 0.194 e. The Bertz CT molecular complexity index is 154. The number of hydrogen-bond acceptors (Lipinski definition) is 2. The molecule has 0 fully saturated rings. The molecule has 1 aliphatic carbocycles. The molecule has 10 heavy (non-hydrogen) atoms. The van der Waals surface area contributed by atoms with Gasteiger partial charge in [0.2, 0.25) is 0 Å². The van der Waals surface area contributed by atoms with Crippen molar-refractivity contribution in [3.8, 4) is 0 Å². The average molecular weight is 136 g/mol. The van der Waals surface area contributed by atoms with Gasteiger partial charge in [-0.2, -0.15) is 10.2 Å². The van der Waals surface area contributed by atoms with Crippen molar-refractivity contribution in [3.63, 3.8) is 0 Å². The topological polar surface area (TPSA) is 24.7 Å². The molecule has 2 nitrogen and oxygen atoms in total. The van der Waals surface area contributed by atoms with E-state index < -0.39 is 0 Å². The predicted molar refractivity (Wildman–Crippen MR) is 40.0 cm³/mol. The first-order chi connectivity index (χ1) is 4.97. The molecule has 0 radical (unpaired) electrons. The zero-order valence-corrected chi connectivity index (χ0v) is 6.03. The Kier molecular flexibility index (Phi) is 1.53. The van der Waals surface area contributed by atoms with Crippen LogP contribution in [0.25, 0.3) is 0 Å². The van der Waals surface area contributed by atoms with E-state index in [0.29, 0.717) is 6.04 Å². The third kappa shape index (κ3) is 0.981. The highest BCUT2D eigenvalue weighted by molar-refractivity contribution is 5.02. The van der Waals surface area contributed by atoms with Crippen molar-refractivity contribution < 1.29 is 0 Å². The van der Waals surface area contributed by atoms with Gasteiger partial charge in [-0.05, 0) is 25.2 Å². The molecule has 0 aromatic heterocycles. The summed E-state index contributed by atoms with van der Waals surface area (Å²) in [6.45, 7) is 0.953. The molecule has 0 saturated heterocycles. The van der Waals surface area contributed by atoms with Crippen molar-refractivity contribution in [2.24, 2.45) is 16.1 Å². The summed E-state index contributed by atoms with van der Waals surface area (Å²) in [4.78, 5) is 0. The molecule has 0 N–H and O–H groups in total. The summed E-state index contributed by atoms with van der Waals surface area (Å²) in [6.07, 6.45) is 8.25. The van der Waals surface area contributed by atoms with Gasteiger partial charge in [0.15, 0.2) is 0 Å². The lowest BCUT2D eigenvalue weighted by Crippen LogP contribution is -2.22. The van der Waals surface area contributed by atoms with Gasteiger partial charge in [0.1, 0.15) is 0 Å². The second-order valence-corrected chi connectivity index (χ2v) is 3.03. The summed E-state index contributed by atoms with van der Waals surface area (Å²) in [7, 11) is 0. The van der Waals surface area contributed by atoms with E-state index in [2.05, 4.69) is 22.4 Å². The monoisotopic (exact) mass is 136 g/mol. The molecular weight excluding hydrogens is 124 g/mol. The smallest absolute Gasteiger partial charge is 0.0917 e. The second-order valence-electron chi connectivity index (χ2n) is 3.03. The summed E-state index contributed by atoms with van der Waals surface area (Å²) < 4.78 is 0. The van der Waals surface area contributed by atoms with Gasteiger partial charge in [0, 0.05) is 0 Å². The van der Waals surface area contributed by atoms with Crippen molar-refractivity contribution in [3.05, 3.63) is 12.2 Å². The molecule has 2 heteroatoms. The highest BCUT2D eigenvalue weighted by Crippen LogP contribution is 2.27. The fraction of sp³-hybridized carbons (Fsp3) is 0.750. The van der Waals surface area contributed by atoms with E-state index in [4.69, 9.17) is 0 Å². The molecule has 0 aromatic rings. The maximum absolute atomic E-state index is 4.19. The van der Waals surface area contributed by atoms with Crippen LogP contribution < -0.4 is 0 Å². The second kappa shape index (κ2) is 2.52. The van der Waals surface area contributed by atoms with Crippen LogP contribution in [0.1, 0.15) is 19.3 Å². The summed E-state index contributed by atoms with van der Waals surface area (Å²) >= 11 is 0. The minimum Gasteiger partial charge on any atom is -0.194 e. The molecule has 0 spiro atoms. The molecule has 0 aromatic carbocycles. The van der Waals surface area contributed by atoms with E-state index in [1.807, 2.05) is 0 Å². The van der Waals surface area contributed by atoms with Crippen LogP contribution in [0.3, 0.4) is 0 Å². The lowest BCUT2D eigenvalue weighted by atomic mass is 9.87. The summed E-state index contributed by atoms with van der Waals surface area (Å²) in [6, 6.07) is 0.433. The Morgan fingerprint density at radius 2 is 2.30 bits per heavy atom. The Morgan fingerprint density at radius 3 is 3.20 bits per heavy atom. The Hall–Kier alpha value is -0.660. The maximum Gasteiger partial charge on any atom is 0.0917 e. The normalized spacial score (nSPS) is 37.6. The Labute approximate surface area is 61.0 Å². The van der Waals surface area contributed by atoms with E-state index >= 15 is 0 Å². The number of fused-ring (bicyclic) bond motifs is 1. The van der Waals surface area contributed by atoms with Crippen LogP contribution in [0.2, 0.25) is 0 Å². The van der Waals surface area contributed by atoms with Crippen LogP contribution in [0, 0.1) is 5.92 Å². The third-order valence-corrected chi connectivity index (χ3v) is 2.34. The van der Waals surface area contributed by atoms with E-state index in [-0.39, 0.29) is 0 Å². The Morgan fingerprint density at radius 1 is 1.30 bits per heavy atom. The number of azo groups is 1. The van der Waals surface area contributed by atoms with Crippen molar-refractivity contribution in [1.29, 1.82) is 0 Å². The minimum absolute atomic E-state index is 0.433. The summed E-state index contributed by atoms with van der Waals surface area (Å²) in [5.41, 5.74) is 0. The lowest BCUT2D eigenvalue weighted by molar-refractivity contribution is 0.363. The first-order valence-corrected chi connectivity index (χ1v) is 4.00.